The van der Waals surface area contributed by atoms with Crippen molar-refractivity contribution in [2.24, 2.45) is 0 Å². The highest BCUT2D eigenvalue weighted by atomic mass is 32.1. The molecule has 1 aliphatic heterocycles. The topological polar surface area (TPSA) is 34.2 Å². The van der Waals surface area contributed by atoms with Gasteiger partial charge in [0.25, 0.3) is 0 Å². The van der Waals surface area contributed by atoms with Crippen LogP contribution in [-0.4, -0.2) is 12.0 Å². The quantitative estimate of drug-likeness (QED) is 0.909. The molecule has 2 unspecified atom stereocenters. The first-order chi connectivity index (χ1) is 9.17. The summed E-state index contributed by atoms with van der Waals surface area (Å²) < 4.78 is 6.13. The van der Waals surface area contributed by atoms with Gasteiger partial charge in [-0.05, 0) is 27.0 Å². The third kappa shape index (κ3) is 2.38. The fraction of sp³-hybridized carbons (Fsp3) is 0.400. The minimum atomic E-state index is 0.0614. The molecule has 1 aromatic carbocycles. The molecular formula is C15H18N2OS. The molecule has 1 aliphatic rings. The van der Waals surface area contributed by atoms with Crippen molar-refractivity contribution in [2.75, 3.05) is 7.05 Å². The molecule has 0 fully saturated rings. The van der Waals surface area contributed by atoms with E-state index in [4.69, 9.17) is 4.74 Å². The molecular weight excluding hydrogens is 256 g/mol. The minimum absolute atomic E-state index is 0.0614. The van der Waals surface area contributed by atoms with E-state index >= 15 is 0 Å². The Morgan fingerprint density at radius 2 is 2.21 bits per heavy atom. The molecule has 0 aliphatic carbocycles. The van der Waals surface area contributed by atoms with Gasteiger partial charge in [0.15, 0.2) is 6.10 Å². The summed E-state index contributed by atoms with van der Waals surface area (Å²) in [5.74, 6) is 0.981. The molecule has 0 saturated carbocycles. The Morgan fingerprint density at radius 3 is 2.89 bits per heavy atom. The molecule has 0 bridgehead atoms. The highest BCUT2D eigenvalue weighted by molar-refractivity contribution is 7.09. The molecule has 0 spiro atoms. The fourth-order valence-corrected chi connectivity index (χ4v) is 3.37. The normalized spacial score (nSPS) is 21.8. The summed E-state index contributed by atoms with van der Waals surface area (Å²) in [4.78, 5) is 4.56. The number of benzene rings is 1. The van der Waals surface area contributed by atoms with Gasteiger partial charge < -0.3 is 10.1 Å². The Labute approximate surface area is 117 Å². The first kappa shape index (κ1) is 12.6. The number of thiazole rings is 1. The highest BCUT2D eigenvalue weighted by Crippen LogP contribution is 2.41. The fourth-order valence-electron chi connectivity index (χ4n) is 2.53. The average Bonchev–Trinajstić information content (AvgIpc) is 2.84. The first-order valence-corrected chi connectivity index (χ1v) is 7.42. The van der Waals surface area contributed by atoms with Gasteiger partial charge in [-0.2, -0.15) is 0 Å². The van der Waals surface area contributed by atoms with Gasteiger partial charge in [-0.25, -0.2) is 4.98 Å². The van der Waals surface area contributed by atoms with Crippen molar-refractivity contribution in [2.45, 2.75) is 32.4 Å². The molecule has 1 N–H and O–H groups in total. The summed E-state index contributed by atoms with van der Waals surface area (Å²) in [6.07, 6.45) is 0.992. The zero-order valence-corrected chi connectivity index (χ0v) is 12.3. The van der Waals surface area contributed by atoms with Gasteiger partial charge in [-0.3, -0.25) is 0 Å². The molecule has 0 saturated heterocycles. The molecule has 3 rings (SSSR count). The van der Waals surface area contributed by atoms with E-state index in [9.17, 15) is 0 Å². The van der Waals surface area contributed by atoms with Gasteiger partial charge in [-0.15, -0.1) is 11.3 Å². The van der Waals surface area contributed by atoms with E-state index in [2.05, 4.69) is 40.8 Å². The van der Waals surface area contributed by atoms with Gasteiger partial charge in [0, 0.05) is 29.1 Å². The molecule has 0 radical (unpaired) electrons. The summed E-state index contributed by atoms with van der Waals surface area (Å²) in [5.41, 5.74) is 3.59. The van der Waals surface area contributed by atoms with Crippen molar-refractivity contribution in [1.82, 2.24) is 10.3 Å². The Kier molecular flexibility index (Phi) is 3.29. The molecule has 4 heteroatoms. The Bertz CT molecular complexity index is 594. The largest absolute Gasteiger partial charge is 0.483 e. The second-order valence-corrected chi connectivity index (χ2v) is 5.94. The number of ether oxygens (including phenoxy) is 1. The van der Waals surface area contributed by atoms with Crippen molar-refractivity contribution >= 4 is 11.3 Å². The third-order valence-electron chi connectivity index (χ3n) is 3.52. The van der Waals surface area contributed by atoms with Gasteiger partial charge in [0.05, 0.1) is 0 Å². The van der Waals surface area contributed by atoms with Crippen LogP contribution in [-0.2, 0) is 0 Å². The van der Waals surface area contributed by atoms with Crippen LogP contribution in [0, 0.1) is 13.8 Å². The number of fused-ring (bicyclic) bond motifs is 1. The van der Waals surface area contributed by atoms with Gasteiger partial charge >= 0.3 is 0 Å². The molecule has 19 heavy (non-hydrogen) atoms. The van der Waals surface area contributed by atoms with Crippen molar-refractivity contribution in [3.63, 3.8) is 0 Å². The monoisotopic (exact) mass is 274 g/mol. The van der Waals surface area contributed by atoms with Crippen LogP contribution in [0.4, 0.5) is 0 Å². The summed E-state index contributed by atoms with van der Waals surface area (Å²) in [7, 11) is 2.01. The number of nitrogens with one attached hydrogen (secondary N) is 1. The molecule has 2 aromatic rings. The molecule has 100 valence electrons. The summed E-state index contributed by atoms with van der Waals surface area (Å²) >= 11 is 1.68. The number of aromatic nitrogens is 1. The maximum atomic E-state index is 6.13. The van der Waals surface area contributed by atoms with Gasteiger partial charge in [0.1, 0.15) is 10.8 Å². The lowest BCUT2D eigenvalue weighted by atomic mass is 9.95. The maximum absolute atomic E-state index is 6.13. The summed E-state index contributed by atoms with van der Waals surface area (Å²) in [6.45, 7) is 4.14. The van der Waals surface area contributed by atoms with Gasteiger partial charge in [-0.1, -0.05) is 17.7 Å². The summed E-state index contributed by atoms with van der Waals surface area (Å²) in [5, 5.41) is 6.54. The Morgan fingerprint density at radius 1 is 1.37 bits per heavy atom. The molecule has 0 amide bonds. The minimum Gasteiger partial charge on any atom is -0.483 e. The van der Waals surface area contributed by atoms with Gasteiger partial charge in [0.2, 0.25) is 0 Å². The van der Waals surface area contributed by atoms with Crippen LogP contribution in [0.25, 0.3) is 0 Å². The van der Waals surface area contributed by atoms with Crippen LogP contribution in [0.3, 0.4) is 0 Å². The van der Waals surface area contributed by atoms with Crippen LogP contribution in [0.15, 0.2) is 23.6 Å². The lowest BCUT2D eigenvalue weighted by Gasteiger charge is -2.31. The lowest BCUT2D eigenvalue weighted by Crippen LogP contribution is -2.26. The van der Waals surface area contributed by atoms with Crippen LogP contribution in [0.2, 0.25) is 0 Å². The summed E-state index contributed by atoms with van der Waals surface area (Å²) in [6, 6.07) is 6.71. The number of rotatable bonds is 2. The average molecular weight is 274 g/mol. The Balaban J connectivity index is 1.95. The molecule has 3 nitrogen and oxygen atoms in total. The Hall–Kier alpha value is -1.39. The third-order valence-corrected chi connectivity index (χ3v) is 4.58. The van der Waals surface area contributed by atoms with Crippen molar-refractivity contribution in [1.29, 1.82) is 0 Å². The van der Waals surface area contributed by atoms with E-state index in [1.54, 1.807) is 11.3 Å². The van der Waals surface area contributed by atoms with E-state index in [0.29, 0.717) is 6.04 Å². The molecule has 2 atom stereocenters. The second-order valence-electron chi connectivity index (χ2n) is 5.05. The van der Waals surface area contributed by atoms with E-state index in [-0.39, 0.29) is 6.10 Å². The number of nitrogens with zero attached hydrogens (tertiary/aromatic N) is 1. The molecule has 1 aromatic heterocycles. The van der Waals surface area contributed by atoms with Crippen LogP contribution >= 0.6 is 11.3 Å². The number of aryl methyl sites for hydroxylation is 2. The zero-order chi connectivity index (χ0) is 13.4. The van der Waals surface area contributed by atoms with E-state index in [1.165, 1.54) is 11.1 Å². The van der Waals surface area contributed by atoms with Crippen molar-refractivity contribution < 1.29 is 4.74 Å². The van der Waals surface area contributed by atoms with Crippen molar-refractivity contribution in [3.8, 4) is 5.75 Å². The predicted molar refractivity (Wildman–Crippen MR) is 77.8 cm³/mol. The van der Waals surface area contributed by atoms with Crippen LogP contribution in [0.1, 0.15) is 40.4 Å². The highest BCUT2D eigenvalue weighted by Gasteiger charge is 2.30. The zero-order valence-electron chi connectivity index (χ0n) is 11.4. The van der Waals surface area contributed by atoms with Crippen LogP contribution < -0.4 is 10.1 Å². The SMILES string of the molecule is CNC1CC(c2nc(C)cs2)Oc2ccc(C)cc21. The molecule has 2 heterocycles. The van der Waals surface area contributed by atoms with Crippen LogP contribution in [0.5, 0.6) is 5.75 Å². The van der Waals surface area contributed by atoms with E-state index in [0.717, 1.165) is 22.9 Å². The van der Waals surface area contributed by atoms with Crippen molar-refractivity contribution in [3.05, 3.63) is 45.4 Å². The lowest BCUT2D eigenvalue weighted by molar-refractivity contribution is 0.153. The smallest absolute Gasteiger partial charge is 0.152 e. The maximum Gasteiger partial charge on any atom is 0.152 e. The van der Waals surface area contributed by atoms with E-state index in [1.807, 2.05) is 14.0 Å². The number of hydrogen-bond acceptors (Lipinski definition) is 4. The first-order valence-electron chi connectivity index (χ1n) is 6.54. The standard InChI is InChI=1S/C15H18N2OS/c1-9-4-5-13-11(6-9)12(16-3)7-14(18-13)15-17-10(2)8-19-15/h4-6,8,12,14,16H,7H2,1-3H3. The number of hydrogen-bond donors (Lipinski definition) is 1. The predicted octanol–water partition coefficient (Wildman–Crippen LogP) is 3.54. The van der Waals surface area contributed by atoms with E-state index < -0.39 is 0 Å². The second kappa shape index (κ2) is 4.94.